The van der Waals surface area contributed by atoms with E-state index in [1.165, 1.54) is 212 Å². The molecular weight excluding hydrogens is 1250 g/mol. The number of hydrogen-bond donors (Lipinski definition) is 3. The first-order valence-electron chi connectivity index (χ1n) is 39.5. The molecule has 0 bridgehead atoms. The molecule has 0 rings (SSSR count). The van der Waals surface area contributed by atoms with Gasteiger partial charge in [-0.05, 0) is 37.5 Å². The van der Waals surface area contributed by atoms with Crippen molar-refractivity contribution in [3.63, 3.8) is 0 Å². The molecule has 0 aliphatic carbocycles. The van der Waals surface area contributed by atoms with Crippen molar-refractivity contribution in [3.05, 3.63) is 0 Å². The summed E-state index contributed by atoms with van der Waals surface area (Å²) in [5, 5.41) is 10.6. The van der Waals surface area contributed by atoms with Crippen LogP contribution in [0.25, 0.3) is 0 Å². The normalized spacial score (nSPS) is 14.3. The lowest BCUT2D eigenvalue weighted by molar-refractivity contribution is -0.161. The van der Waals surface area contributed by atoms with Gasteiger partial charge in [0.2, 0.25) is 0 Å². The molecule has 0 aliphatic rings. The van der Waals surface area contributed by atoms with E-state index in [1.807, 2.05) is 0 Å². The molecular formula is C76H148O17P2. The summed E-state index contributed by atoms with van der Waals surface area (Å²) in [6, 6.07) is 0. The Morgan fingerprint density at radius 1 is 0.305 bits per heavy atom. The molecule has 0 aliphatic heterocycles. The predicted molar refractivity (Wildman–Crippen MR) is 386 cm³/mol. The molecule has 95 heavy (non-hydrogen) atoms. The molecule has 0 heterocycles. The van der Waals surface area contributed by atoms with Crippen molar-refractivity contribution in [2.24, 2.45) is 11.8 Å². The van der Waals surface area contributed by atoms with Crippen LogP contribution in [0.3, 0.4) is 0 Å². The number of carbonyl (C=O) groups excluding carboxylic acids is 4. The highest BCUT2D eigenvalue weighted by molar-refractivity contribution is 7.47. The molecule has 0 spiro atoms. The summed E-state index contributed by atoms with van der Waals surface area (Å²) < 4.78 is 68.4. The molecule has 3 unspecified atom stereocenters. The largest absolute Gasteiger partial charge is 0.472 e. The Morgan fingerprint density at radius 2 is 0.537 bits per heavy atom. The summed E-state index contributed by atoms with van der Waals surface area (Å²) in [5.41, 5.74) is 0. The third kappa shape index (κ3) is 69.0. The summed E-state index contributed by atoms with van der Waals surface area (Å²) in [6.07, 6.45) is 55.6. The zero-order valence-electron chi connectivity index (χ0n) is 62.0. The second-order valence-corrected chi connectivity index (χ2v) is 31.0. The molecule has 6 atom stereocenters. The highest BCUT2D eigenvalue weighted by Gasteiger charge is 2.30. The van der Waals surface area contributed by atoms with E-state index in [0.29, 0.717) is 31.6 Å². The van der Waals surface area contributed by atoms with Crippen molar-refractivity contribution in [3.8, 4) is 0 Å². The number of ether oxygens (including phenoxy) is 4. The van der Waals surface area contributed by atoms with Gasteiger partial charge in [0.05, 0.1) is 26.4 Å². The molecule has 19 heteroatoms. The van der Waals surface area contributed by atoms with Gasteiger partial charge < -0.3 is 33.8 Å². The Bertz CT molecular complexity index is 1840. The second kappa shape index (κ2) is 67.9. The van der Waals surface area contributed by atoms with Gasteiger partial charge in [0.15, 0.2) is 12.2 Å². The maximum Gasteiger partial charge on any atom is 0.472 e. The maximum atomic E-state index is 13.1. The third-order valence-electron chi connectivity index (χ3n) is 18.1. The van der Waals surface area contributed by atoms with E-state index in [-0.39, 0.29) is 25.7 Å². The van der Waals surface area contributed by atoms with E-state index >= 15 is 0 Å². The number of phosphoric ester groups is 2. The van der Waals surface area contributed by atoms with Gasteiger partial charge in [-0.3, -0.25) is 37.3 Å². The zero-order chi connectivity index (χ0) is 70.0. The van der Waals surface area contributed by atoms with Crippen molar-refractivity contribution in [2.75, 3.05) is 39.6 Å². The first-order chi connectivity index (χ1) is 45.9. The van der Waals surface area contributed by atoms with Crippen LogP contribution in [-0.2, 0) is 65.4 Å². The minimum atomic E-state index is -4.96. The van der Waals surface area contributed by atoms with Crippen molar-refractivity contribution in [1.82, 2.24) is 0 Å². The molecule has 0 saturated carbocycles. The minimum Gasteiger partial charge on any atom is -0.462 e. The number of aliphatic hydroxyl groups excluding tert-OH is 1. The summed E-state index contributed by atoms with van der Waals surface area (Å²) in [5.74, 6) is -0.577. The van der Waals surface area contributed by atoms with E-state index in [1.54, 1.807) is 0 Å². The van der Waals surface area contributed by atoms with Crippen LogP contribution in [0.4, 0.5) is 0 Å². The van der Waals surface area contributed by atoms with Crippen LogP contribution >= 0.6 is 15.6 Å². The molecule has 3 N–H and O–H groups in total. The van der Waals surface area contributed by atoms with Gasteiger partial charge in [-0.15, -0.1) is 0 Å². The predicted octanol–water partition coefficient (Wildman–Crippen LogP) is 22.3. The Kier molecular flexibility index (Phi) is 66.5. The second-order valence-electron chi connectivity index (χ2n) is 28.1. The van der Waals surface area contributed by atoms with Crippen molar-refractivity contribution in [2.45, 2.75) is 413 Å². The van der Waals surface area contributed by atoms with E-state index < -0.39 is 97.5 Å². The molecule has 0 amide bonds. The molecule has 17 nitrogen and oxygen atoms in total. The smallest absolute Gasteiger partial charge is 0.462 e. The lowest BCUT2D eigenvalue weighted by Gasteiger charge is -2.21. The van der Waals surface area contributed by atoms with Gasteiger partial charge in [-0.25, -0.2) is 9.13 Å². The fraction of sp³-hybridized carbons (Fsp3) is 0.947. The topological polar surface area (TPSA) is 237 Å². The van der Waals surface area contributed by atoms with Crippen LogP contribution in [0, 0.1) is 11.8 Å². The van der Waals surface area contributed by atoms with Gasteiger partial charge in [0.1, 0.15) is 19.3 Å². The van der Waals surface area contributed by atoms with Gasteiger partial charge in [0, 0.05) is 25.7 Å². The number of esters is 4. The lowest BCUT2D eigenvalue weighted by Crippen LogP contribution is -2.30. The third-order valence-corrected chi connectivity index (χ3v) is 20.0. The van der Waals surface area contributed by atoms with Crippen LogP contribution in [0.2, 0.25) is 0 Å². The van der Waals surface area contributed by atoms with Crippen molar-refractivity contribution >= 4 is 39.5 Å². The molecule has 0 aromatic rings. The Balaban J connectivity index is 5.20. The minimum absolute atomic E-state index is 0.104. The van der Waals surface area contributed by atoms with Gasteiger partial charge in [0.25, 0.3) is 0 Å². The number of carbonyl (C=O) groups is 4. The van der Waals surface area contributed by atoms with Crippen molar-refractivity contribution in [1.29, 1.82) is 0 Å². The zero-order valence-corrected chi connectivity index (χ0v) is 63.8. The van der Waals surface area contributed by atoms with E-state index in [2.05, 4.69) is 41.5 Å². The number of rotatable bonds is 75. The van der Waals surface area contributed by atoms with E-state index in [0.717, 1.165) is 95.8 Å². The molecule has 0 aromatic heterocycles. The monoisotopic (exact) mass is 1400 g/mol. The standard InChI is InChI=1S/C76H148O17P2/c1-7-10-12-14-16-18-19-20-21-22-23-24-28-31-35-41-47-53-59-74(79)87-64-71(92-75(80)60-54-48-42-36-32-29-26-25-27-30-34-39-45-51-57-69(6)9-3)66-90-94(82,83)88-62-70(77)63-89-95(84,85)91-67-72(65-86-73(78)58-52-46-40-33-17-15-13-11-8-2)93-76(81)61-55-49-43-37-38-44-50-56-68(4)5/h68-72,77H,7-67H2,1-6H3,(H,82,83)(H,84,85)/t69?,70-,71-,72-/m1/s1. The Labute approximate surface area is 581 Å². The molecule has 0 aromatic carbocycles. The lowest BCUT2D eigenvalue weighted by atomic mass is 9.99. The first-order valence-corrected chi connectivity index (χ1v) is 42.5. The quantitative estimate of drug-likeness (QED) is 0.0222. The van der Waals surface area contributed by atoms with Gasteiger partial charge in [-0.1, -0.05) is 343 Å². The number of aliphatic hydroxyl groups is 1. The van der Waals surface area contributed by atoms with Gasteiger partial charge in [-0.2, -0.15) is 0 Å². The average molecular weight is 1400 g/mol. The number of hydrogen-bond acceptors (Lipinski definition) is 15. The summed E-state index contributed by atoms with van der Waals surface area (Å²) in [6.45, 7) is 9.57. The number of unbranched alkanes of at least 4 members (excludes halogenated alkanes) is 44. The van der Waals surface area contributed by atoms with Gasteiger partial charge >= 0.3 is 39.5 Å². The van der Waals surface area contributed by atoms with Crippen LogP contribution in [0.1, 0.15) is 395 Å². The van der Waals surface area contributed by atoms with Crippen LogP contribution < -0.4 is 0 Å². The van der Waals surface area contributed by atoms with E-state index in [4.69, 9.17) is 37.0 Å². The summed E-state index contributed by atoms with van der Waals surface area (Å²) >= 11 is 0. The fourth-order valence-electron chi connectivity index (χ4n) is 11.6. The Hall–Kier alpha value is -1.94. The van der Waals surface area contributed by atoms with Crippen LogP contribution in [-0.4, -0.2) is 96.7 Å². The molecule has 0 saturated heterocycles. The molecule has 564 valence electrons. The SMILES string of the molecule is CCCCCCCCCCCCCCCCCCCCC(=O)OC[C@H](COP(=O)(O)OC[C@@H](O)COP(=O)(O)OC[C@@H](COC(=O)CCCCCCCCCCC)OC(=O)CCCCCCCCCC(C)C)OC(=O)CCCCCCCCCCCCCCCCC(C)CC. The first kappa shape index (κ1) is 93.1. The van der Waals surface area contributed by atoms with Crippen LogP contribution in [0.15, 0.2) is 0 Å². The summed E-state index contributed by atoms with van der Waals surface area (Å²) in [7, 11) is -9.91. The molecule has 0 fully saturated rings. The highest BCUT2D eigenvalue weighted by atomic mass is 31.2. The average Bonchev–Trinajstić information content (AvgIpc) is 3.30. The Morgan fingerprint density at radius 3 is 0.800 bits per heavy atom. The fourth-order valence-corrected chi connectivity index (χ4v) is 13.2. The highest BCUT2D eigenvalue weighted by Crippen LogP contribution is 2.45. The van der Waals surface area contributed by atoms with Crippen molar-refractivity contribution < 1.29 is 80.2 Å². The molecule has 0 radical (unpaired) electrons. The summed E-state index contributed by atoms with van der Waals surface area (Å²) in [4.78, 5) is 72.7. The number of phosphoric acid groups is 2. The maximum absolute atomic E-state index is 13.1. The van der Waals surface area contributed by atoms with E-state index in [9.17, 15) is 43.2 Å². The van der Waals surface area contributed by atoms with Crippen LogP contribution in [0.5, 0.6) is 0 Å².